The quantitative estimate of drug-likeness (QED) is 0.698. The number of primary amides is 1. The number of benzene rings is 1. The summed E-state index contributed by atoms with van der Waals surface area (Å²) in [5, 5.41) is 10.1. The first-order chi connectivity index (χ1) is 11.2. The molecule has 1 aromatic heterocycles. The molecule has 0 radical (unpaired) electrons. The number of rotatable bonds is 3. The molecular formula is C18H18N4O. The molecule has 0 unspecified atom stereocenters. The number of nitriles is 1. The average molecular weight is 306 g/mol. The Kier molecular flexibility index (Phi) is 4.24. The van der Waals surface area contributed by atoms with Gasteiger partial charge in [-0.3, -0.25) is 4.79 Å². The van der Waals surface area contributed by atoms with E-state index in [9.17, 15) is 4.79 Å². The third-order valence-corrected chi connectivity index (χ3v) is 4.07. The van der Waals surface area contributed by atoms with Crippen LogP contribution in [0.3, 0.4) is 0 Å². The van der Waals surface area contributed by atoms with Crippen molar-refractivity contribution in [2.75, 3.05) is 18.0 Å². The van der Waals surface area contributed by atoms with Crippen LogP contribution in [-0.2, 0) is 4.79 Å². The van der Waals surface area contributed by atoms with Crippen LogP contribution >= 0.6 is 0 Å². The third kappa shape index (κ3) is 3.16. The molecule has 0 aliphatic carbocycles. The lowest BCUT2D eigenvalue weighted by Gasteiger charge is -2.29. The van der Waals surface area contributed by atoms with Crippen molar-refractivity contribution in [2.24, 2.45) is 5.73 Å². The monoisotopic (exact) mass is 306 g/mol. The van der Waals surface area contributed by atoms with Crippen LogP contribution in [0.4, 0.5) is 5.82 Å². The third-order valence-electron chi connectivity index (χ3n) is 4.07. The average Bonchev–Trinajstić information content (AvgIpc) is 2.59. The number of hydrogen-bond acceptors (Lipinski definition) is 4. The number of para-hydroxylation sites is 1. The lowest BCUT2D eigenvalue weighted by molar-refractivity contribution is -0.114. The van der Waals surface area contributed by atoms with E-state index in [-0.39, 0.29) is 5.57 Å². The molecule has 1 fully saturated rings. The largest absolute Gasteiger partial charge is 0.365 e. The van der Waals surface area contributed by atoms with Gasteiger partial charge in [-0.25, -0.2) is 4.98 Å². The highest BCUT2D eigenvalue weighted by Crippen LogP contribution is 2.27. The van der Waals surface area contributed by atoms with E-state index in [2.05, 4.69) is 4.90 Å². The van der Waals surface area contributed by atoms with Gasteiger partial charge in [-0.2, -0.15) is 5.26 Å². The van der Waals surface area contributed by atoms with Crippen molar-refractivity contribution in [3.63, 3.8) is 0 Å². The number of carbonyl (C=O) groups excluding carboxylic acids is 1. The second-order valence-electron chi connectivity index (χ2n) is 5.68. The first-order valence-corrected chi connectivity index (χ1v) is 7.75. The van der Waals surface area contributed by atoms with Crippen molar-refractivity contribution in [3.05, 3.63) is 41.5 Å². The van der Waals surface area contributed by atoms with Gasteiger partial charge in [0.05, 0.1) is 5.52 Å². The molecule has 116 valence electrons. The summed E-state index contributed by atoms with van der Waals surface area (Å²) in [6.07, 6.45) is 5.02. The van der Waals surface area contributed by atoms with Gasteiger partial charge in [0.2, 0.25) is 0 Å². The van der Waals surface area contributed by atoms with Gasteiger partial charge in [-0.05, 0) is 37.5 Å². The zero-order valence-corrected chi connectivity index (χ0v) is 12.8. The molecule has 3 rings (SSSR count). The van der Waals surface area contributed by atoms with E-state index in [0.717, 1.165) is 48.2 Å². The molecule has 1 aromatic carbocycles. The van der Waals surface area contributed by atoms with Crippen molar-refractivity contribution in [2.45, 2.75) is 19.3 Å². The number of piperidine rings is 1. The number of amides is 1. The van der Waals surface area contributed by atoms with E-state index < -0.39 is 5.91 Å². The van der Waals surface area contributed by atoms with Gasteiger partial charge in [-0.1, -0.05) is 18.2 Å². The molecule has 0 atom stereocenters. The Balaban J connectivity index is 2.16. The van der Waals surface area contributed by atoms with E-state index in [1.165, 1.54) is 6.42 Å². The molecular weight excluding hydrogens is 288 g/mol. The predicted octanol–water partition coefficient (Wildman–Crippen LogP) is 2.62. The van der Waals surface area contributed by atoms with Gasteiger partial charge in [0.25, 0.3) is 5.91 Å². The zero-order chi connectivity index (χ0) is 16.2. The molecule has 1 amide bonds. The second kappa shape index (κ2) is 6.49. The van der Waals surface area contributed by atoms with Crippen LogP contribution in [0.25, 0.3) is 17.0 Å². The maximum Gasteiger partial charge on any atom is 0.259 e. The maximum atomic E-state index is 11.4. The highest BCUT2D eigenvalue weighted by Gasteiger charge is 2.17. The molecule has 0 saturated carbocycles. The van der Waals surface area contributed by atoms with E-state index in [1.54, 1.807) is 6.08 Å². The molecule has 1 saturated heterocycles. The Morgan fingerprint density at radius 1 is 1.26 bits per heavy atom. The topological polar surface area (TPSA) is 83.0 Å². The minimum absolute atomic E-state index is 0.0552. The molecule has 2 N–H and O–H groups in total. The lowest BCUT2D eigenvalue weighted by atomic mass is 10.1. The van der Waals surface area contributed by atoms with Gasteiger partial charge in [0, 0.05) is 24.0 Å². The van der Waals surface area contributed by atoms with Crippen LogP contribution in [0.2, 0.25) is 0 Å². The standard InChI is InChI=1S/C18H18N4O/c19-12-15(17(20)23)11-14-10-13-6-2-3-7-16(13)21-18(14)22-8-4-1-5-9-22/h2-3,6-7,10-11H,1,4-5,8-9H2,(H2,20,23). The lowest BCUT2D eigenvalue weighted by Crippen LogP contribution is -2.30. The second-order valence-corrected chi connectivity index (χ2v) is 5.68. The number of carbonyl (C=O) groups is 1. The number of aromatic nitrogens is 1. The van der Waals surface area contributed by atoms with Crippen LogP contribution in [0.5, 0.6) is 0 Å². The number of anilines is 1. The number of pyridine rings is 1. The summed E-state index contributed by atoms with van der Waals surface area (Å²) in [4.78, 5) is 18.4. The van der Waals surface area contributed by atoms with Crippen molar-refractivity contribution in [1.29, 1.82) is 5.26 Å². The molecule has 0 bridgehead atoms. The number of nitrogens with zero attached hydrogens (tertiary/aromatic N) is 3. The summed E-state index contributed by atoms with van der Waals surface area (Å²) in [7, 11) is 0. The predicted molar refractivity (Wildman–Crippen MR) is 90.6 cm³/mol. The molecule has 1 aliphatic rings. The fourth-order valence-corrected chi connectivity index (χ4v) is 2.90. The fourth-order valence-electron chi connectivity index (χ4n) is 2.90. The first-order valence-electron chi connectivity index (χ1n) is 7.75. The summed E-state index contributed by atoms with van der Waals surface area (Å²) in [5.74, 6) is 0.0997. The van der Waals surface area contributed by atoms with Crippen molar-refractivity contribution < 1.29 is 4.79 Å². The normalized spacial score (nSPS) is 15.4. The van der Waals surface area contributed by atoms with Gasteiger partial charge in [-0.15, -0.1) is 0 Å². The Morgan fingerprint density at radius 2 is 2.00 bits per heavy atom. The van der Waals surface area contributed by atoms with Crippen LogP contribution in [0.1, 0.15) is 24.8 Å². The van der Waals surface area contributed by atoms with Crippen molar-refractivity contribution in [1.82, 2.24) is 4.98 Å². The van der Waals surface area contributed by atoms with E-state index in [4.69, 9.17) is 16.0 Å². The maximum absolute atomic E-state index is 11.4. The SMILES string of the molecule is N#CC(=Cc1cc2ccccc2nc1N1CCCCC1)C(N)=O. The summed E-state index contributed by atoms with van der Waals surface area (Å²) >= 11 is 0. The summed E-state index contributed by atoms with van der Waals surface area (Å²) in [5.41, 5.74) is 6.89. The molecule has 1 aliphatic heterocycles. The fraction of sp³-hybridized carbons (Fsp3) is 0.278. The summed E-state index contributed by atoms with van der Waals surface area (Å²) < 4.78 is 0. The smallest absolute Gasteiger partial charge is 0.259 e. The van der Waals surface area contributed by atoms with Crippen molar-refractivity contribution >= 4 is 28.7 Å². The highest BCUT2D eigenvalue weighted by atomic mass is 16.1. The first kappa shape index (κ1) is 15.0. The number of hydrogen-bond donors (Lipinski definition) is 1. The zero-order valence-electron chi connectivity index (χ0n) is 12.8. The number of fused-ring (bicyclic) bond motifs is 1. The molecule has 23 heavy (non-hydrogen) atoms. The van der Waals surface area contributed by atoms with E-state index >= 15 is 0 Å². The summed E-state index contributed by atoms with van der Waals surface area (Å²) in [6.45, 7) is 1.87. The highest BCUT2D eigenvalue weighted by molar-refractivity contribution is 6.01. The number of nitrogens with two attached hydrogens (primary N) is 1. The Hall–Kier alpha value is -2.87. The van der Waals surface area contributed by atoms with Gasteiger partial charge in [0.1, 0.15) is 17.5 Å². The Labute approximate surface area is 135 Å². The Bertz CT molecular complexity index is 813. The summed E-state index contributed by atoms with van der Waals surface area (Å²) in [6, 6.07) is 11.7. The molecule has 0 spiro atoms. The molecule has 2 heterocycles. The van der Waals surface area contributed by atoms with Crippen LogP contribution in [-0.4, -0.2) is 24.0 Å². The van der Waals surface area contributed by atoms with Crippen molar-refractivity contribution in [3.8, 4) is 6.07 Å². The van der Waals surface area contributed by atoms with Gasteiger partial charge in [0.15, 0.2) is 0 Å². The Morgan fingerprint density at radius 3 is 2.70 bits per heavy atom. The van der Waals surface area contributed by atoms with E-state index in [1.807, 2.05) is 36.4 Å². The van der Waals surface area contributed by atoms with E-state index in [0.29, 0.717) is 0 Å². The van der Waals surface area contributed by atoms with Crippen LogP contribution in [0.15, 0.2) is 35.9 Å². The molecule has 2 aromatic rings. The molecule has 5 heteroatoms. The van der Waals surface area contributed by atoms with Gasteiger partial charge >= 0.3 is 0 Å². The minimum Gasteiger partial charge on any atom is -0.365 e. The van der Waals surface area contributed by atoms with Crippen LogP contribution < -0.4 is 10.6 Å². The van der Waals surface area contributed by atoms with Gasteiger partial charge < -0.3 is 10.6 Å². The minimum atomic E-state index is -0.717. The molecule has 5 nitrogen and oxygen atoms in total. The van der Waals surface area contributed by atoms with Crippen LogP contribution in [0, 0.1) is 11.3 Å².